The van der Waals surface area contributed by atoms with Crippen molar-refractivity contribution in [3.05, 3.63) is 0 Å². The monoisotopic (exact) mass is 122 g/mol. The Morgan fingerprint density at radius 1 is 1.44 bits per heavy atom. The molecule has 1 heterocycles. The highest BCUT2D eigenvalue weighted by molar-refractivity contribution is 5.06. The fraction of sp³-hybridized carbons (Fsp3) is 0.857. The molecule has 0 aromatic rings. The molecule has 2 fully saturated rings. The van der Waals surface area contributed by atoms with E-state index in [1.165, 1.54) is 0 Å². The fourth-order valence-corrected chi connectivity index (χ4v) is 1.95. The van der Waals surface area contributed by atoms with Gasteiger partial charge in [-0.1, -0.05) is 0 Å². The van der Waals surface area contributed by atoms with Gasteiger partial charge < -0.3 is 5.32 Å². The van der Waals surface area contributed by atoms with Gasteiger partial charge in [0.2, 0.25) is 0 Å². The number of hydrogen-bond acceptors (Lipinski definition) is 2. The van der Waals surface area contributed by atoms with E-state index in [9.17, 15) is 0 Å². The van der Waals surface area contributed by atoms with Gasteiger partial charge in [0.25, 0.3) is 0 Å². The van der Waals surface area contributed by atoms with Crippen molar-refractivity contribution < 1.29 is 0 Å². The molecule has 1 saturated heterocycles. The molecule has 0 aromatic heterocycles. The topological polar surface area (TPSA) is 35.8 Å². The van der Waals surface area contributed by atoms with Crippen LogP contribution in [0.4, 0.5) is 0 Å². The molecular weight excluding hydrogens is 112 g/mol. The maximum Gasteiger partial charge on any atom is 0.0624 e. The van der Waals surface area contributed by atoms with Gasteiger partial charge >= 0.3 is 0 Å². The molecule has 2 unspecified atom stereocenters. The summed E-state index contributed by atoms with van der Waals surface area (Å²) in [7, 11) is 0. The number of nitrogens with zero attached hydrogens (tertiary/aromatic N) is 1. The van der Waals surface area contributed by atoms with E-state index in [2.05, 4.69) is 11.4 Å². The van der Waals surface area contributed by atoms with Crippen LogP contribution in [-0.2, 0) is 0 Å². The first-order valence-corrected chi connectivity index (χ1v) is 3.51. The van der Waals surface area contributed by atoms with E-state index >= 15 is 0 Å². The highest BCUT2D eigenvalue weighted by atomic mass is 15.0. The van der Waals surface area contributed by atoms with Crippen molar-refractivity contribution in [1.82, 2.24) is 5.32 Å². The molecule has 2 heteroatoms. The first-order chi connectivity index (χ1) is 4.43. The van der Waals surface area contributed by atoms with Crippen LogP contribution in [0.3, 0.4) is 0 Å². The van der Waals surface area contributed by atoms with E-state index in [4.69, 9.17) is 5.26 Å². The lowest BCUT2D eigenvalue weighted by atomic mass is 10.2. The van der Waals surface area contributed by atoms with Crippen molar-refractivity contribution in [3.8, 4) is 6.07 Å². The van der Waals surface area contributed by atoms with E-state index in [0.29, 0.717) is 0 Å². The Kier molecular flexibility index (Phi) is 1.000. The lowest BCUT2D eigenvalue weighted by Gasteiger charge is -1.96. The second-order valence-corrected chi connectivity index (χ2v) is 3.01. The SMILES string of the molecule is N#CCC1C2CNCC12. The number of rotatable bonds is 1. The van der Waals surface area contributed by atoms with Crippen molar-refractivity contribution in [3.63, 3.8) is 0 Å². The maximum absolute atomic E-state index is 8.36. The molecule has 2 aliphatic rings. The summed E-state index contributed by atoms with van der Waals surface area (Å²) in [4.78, 5) is 0. The third-order valence-electron chi connectivity index (χ3n) is 2.60. The van der Waals surface area contributed by atoms with Gasteiger partial charge in [0.1, 0.15) is 0 Å². The van der Waals surface area contributed by atoms with Gasteiger partial charge in [-0.2, -0.15) is 5.26 Å². The van der Waals surface area contributed by atoms with E-state index < -0.39 is 0 Å². The Morgan fingerprint density at radius 3 is 2.67 bits per heavy atom. The quantitative estimate of drug-likeness (QED) is 0.545. The van der Waals surface area contributed by atoms with Gasteiger partial charge in [-0.15, -0.1) is 0 Å². The minimum Gasteiger partial charge on any atom is -0.316 e. The maximum atomic E-state index is 8.36. The molecule has 1 saturated carbocycles. The number of fused-ring (bicyclic) bond motifs is 1. The standard InChI is InChI=1S/C7H10N2/c8-2-1-5-6-3-9-4-7(5)6/h5-7,9H,1,3-4H2. The minimum atomic E-state index is 0.760. The van der Waals surface area contributed by atoms with Crippen LogP contribution < -0.4 is 5.32 Å². The second-order valence-electron chi connectivity index (χ2n) is 3.01. The molecule has 2 atom stereocenters. The molecule has 9 heavy (non-hydrogen) atoms. The van der Waals surface area contributed by atoms with Gasteiger partial charge in [-0.25, -0.2) is 0 Å². The van der Waals surface area contributed by atoms with Crippen LogP contribution in [-0.4, -0.2) is 13.1 Å². The number of hydrogen-bond donors (Lipinski definition) is 1. The Morgan fingerprint density at radius 2 is 2.11 bits per heavy atom. The van der Waals surface area contributed by atoms with Crippen molar-refractivity contribution in [1.29, 1.82) is 5.26 Å². The average molecular weight is 122 g/mol. The highest BCUT2D eigenvalue weighted by Crippen LogP contribution is 2.50. The summed E-state index contributed by atoms with van der Waals surface area (Å²) in [6.45, 7) is 2.33. The highest BCUT2D eigenvalue weighted by Gasteiger charge is 2.52. The largest absolute Gasteiger partial charge is 0.316 e. The Balaban J connectivity index is 1.89. The Hall–Kier alpha value is -0.550. The molecule has 1 aliphatic carbocycles. The zero-order valence-electron chi connectivity index (χ0n) is 5.30. The van der Waals surface area contributed by atoms with Crippen molar-refractivity contribution in [2.45, 2.75) is 6.42 Å². The molecule has 1 aliphatic heterocycles. The average Bonchev–Trinajstić information content (AvgIpc) is 2.39. The van der Waals surface area contributed by atoms with Gasteiger partial charge in [0.05, 0.1) is 6.07 Å². The summed E-state index contributed by atoms with van der Waals surface area (Å²) in [5.41, 5.74) is 0. The molecule has 1 N–H and O–H groups in total. The number of nitrogens with one attached hydrogen (secondary N) is 1. The molecular formula is C7H10N2. The second kappa shape index (κ2) is 1.71. The lowest BCUT2D eigenvalue weighted by Crippen LogP contribution is -2.14. The van der Waals surface area contributed by atoms with Crippen molar-refractivity contribution >= 4 is 0 Å². The van der Waals surface area contributed by atoms with Crippen molar-refractivity contribution in [2.75, 3.05) is 13.1 Å². The van der Waals surface area contributed by atoms with Crippen LogP contribution in [0.15, 0.2) is 0 Å². The van der Waals surface area contributed by atoms with Gasteiger partial charge in [-0.05, 0) is 30.8 Å². The summed E-state index contributed by atoms with van der Waals surface area (Å²) in [5.74, 6) is 2.49. The van der Waals surface area contributed by atoms with E-state index in [-0.39, 0.29) is 0 Å². The summed E-state index contributed by atoms with van der Waals surface area (Å²) >= 11 is 0. The van der Waals surface area contributed by atoms with Gasteiger partial charge in [0, 0.05) is 6.42 Å². The summed E-state index contributed by atoms with van der Waals surface area (Å²) < 4.78 is 0. The Bertz CT molecular complexity index is 149. The predicted molar refractivity (Wildman–Crippen MR) is 33.6 cm³/mol. The van der Waals surface area contributed by atoms with Gasteiger partial charge in [-0.3, -0.25) is 0 Å². The Labute approximate surface area is 54.9 Å². The molecule has 2 nitrogen and oxygen atoms in total. The van der Waals surface area contributed by atoms with E-state index in [1.807, 2.05) is 0 Å². The molecule has 0 amide bonds. The minimum absolute atomic E-state index is 0.760. The first-order valence-electron chi connectivity index (χ1n) is 3.51. The lowest BCUT2D eigenvalue weighted by molar-refractivity contribution is 0.606. The molecule has 0 aromatic carbocycles. The zero-order valence-corrected chi connectivity index (χ0v) is 5.30. The zero-order chi connectivity index (χ0) is 6.27. The molecule has 0 radical (unpaired) electrons. The van der Waals surface area contributed by atoms with Crippen LogP contribution in [0.5, 0.6) is 0 Å². The third-order valence-corrected chi connectivity index (χ3v) is 2.60. The third kappa shape index (κ3) is 0.650. The van der Waals surface area contributed by atoms with Crippen LogP contribution in [0, 0.1) is 29.1 Å². The first kappa shape index (κ1) is 5.25. The molecule has 0 bridgehead atoms. The normalized spacial score (nSPS) is 45.9. The van der Waals surface area contributed by atoms with Crippen LogP contribution in [0.1, 0.15) is 6.42 Å². The molecule has 2 rings (SSSR count). The van der Waals surface area contributed by atoms with E-state index in [0.717, 1.165) is 37.3 Å². The smallest absolute Gasteiger partial charge is 0.0624 e. The summed E-state index contributed by atoms with van der Waals surface area (Å²) in [6, 6.07) is 2.23. The molecule has 0 spiro atoms. The van der Waals surface area contributed by atoms with E-state index in [1.54, 1.807) is 0 Å². The van der Waals surface area contributed by atoms with Crippen LogP contribution in [0.2, 0.25) is 0 Å². The van der Waals surface area contributed by atoms with Crippen molar-refractivity contribution in [2.24, 2.45) is 17.8 Å². The van der Waals surface area contributed by atoms with Gasteiger partial charge in [0.15, 0.2) is 0 Å². The van der Waals surface area contributed by atoms with Crippen LogP contribution >= 0.6 is 0 Å². The van der Waals surface area contributed by atoms with Crippen LogP contribution in [0.25, 0.3) is 0 Å². The number of nitriles is 1. The summed E-state index contributed by atoms with van der Waals surface area (Å²) in [5, 5.41) is 11.7. The molecule has 48 valence electrons. The predicted octanol–water partition coefficient (Wildman–Crippen LogP) is 0.365. The fourth-order valence-electron chi connectivity index (χ4n) is 1.95. The summed E-state index contributed by atoms with van der Waals surface area (Å²) in [6.07, 6.45) is 0.789. The number of piperidine rings is 1.